The van der Waals surface area contributed by atoms with Crippen molar-refractivity contribution in [1.29, 1.82) is 0 Å². The molecule has 4 rings (SSSR count). The molecule has 0 spiro atoms. The van der Waals surface area contributed by atoms with Crippen LogP contribution in [0.15, 0.2) is 30.3 Å². The minimum atomic E-state index is -4.49. The Hall–Kier alpha value is -2.68. The Morgan fingerprint density at radius 2 is 2.04 bits per heavy atom. The molecule has 1 saturated carbocycles. The predicted molar refractivity (Wildman–Crippen MR) is 93.0 cm³/mol. The zero-order chi connectivity index (χ0) is 19.2. The van der Waals surface area contributed by atoms with E-state index in [-0.39, 0.29) is 22.1 Å². The number of aromatic nitrogens is 2. The van der Waals surface area contributed by atoms with E-state index in [9.17, 15) is 23.1 Å². The van der Waals surface area contributed by atoms with Crippen molar-refractivity contribution in [3.8, 4) is 17.3 Å². The summed E-state index contributed by atoms with van der Waals surface area (Å²) in [5, 5.41) is 9.62. The zero-order valence-corrected chi connectivity index (χ0v) is 14.6. The van der Waals surface area contributed by atoms with Gasteiger partial charge in [-0.3, -0.25) is 0 Å². The van der Waals surface area contributed by atoms with Crippen LogP contribution in [0, 0.1) is 5.92 Å². The second-order valence-corrected chi connectivity index (χ2v) is 7.35. The SMILES string of the molecule is O=C(O)c1cc2c(-c3cccc(C(F)(F)F)c3)nc(OCC3CC3)nc2s1. The van der Waals surface area contributed by atoms with Gasteiger partial charge < -0.3 is 9.84 Å². The first-order valence-electron chi connectivity index (χ1n) is 8.16. The molecule has 2 aromatic heterocycles. The van der Waals surface area contributed by atoms with E-state index in [1.165, 1.54) is 18.2 Å². The highest BCUT2D eigenvalue weighted by Crippen LogP contribution is 2.37. The van der Waals surface area contributed by atoms with E-state index in [2.05, 4.69) is 9.97 Å². The lowest BCUT2D eigenvalue weighted by Gasteiger charge is -2.10. The van der Waals surface area contributed by atoms with Crippen LogP contribution in [-0.4, -0.2) is 27.7 Å². The summed E-state index contributed by atoms with van der Waals surface area (Å²) in [6, 6.07) is 6.18. The molecule has 140 valence electrons. The summed E-state index contributed by atoms with van der Waals surface area (Å²) < 4.78 is 44.8. The highest BCUT2D eigenvalue weighted by atomic mass is 32.1. The minimum absolute atomic E-state index is 0.0341. The number of thiophene rings is 1. The van der Waals surface area contributed by atoms with E-state index < -0.39 is 17.7 Å². The summed E-state index contributed by atoms with van der Waals surface area (Å²) in [6.07, 6.45) is -2.37. The summed E-state index contributed by atoms with van der Waals surface area (Å²) in [6.45, 7) is 0.435. The van der Waals surface area contributed by atoms with Gasteiger partial charge in [-0.05, 0) is 37.0 Å². The fourth-order valence-electron chi connectivity index (χ4n) is 2.61. The summed E-state index contributed by atoms with van der Waals surface area (Å²) in [5.74, 6) is -0.687. The van der Waals surface area contributed by atoms with Crippen molar-refractivity contribution in [2.24, 2.45) is 5.92 Å². The lowest BCUT2D eigenvalue weighted by Crippen LogP contribution is -2.05. The van der Waals surface area contributed by atoms with Crippen LogP contribution < -0.4 is 4.74 Å². The van der Waals surface area contributed by atoms with Crippen LogP contribution in [0.1, 0.15) is 28.1 Å². The second kappa shape index (κ2) is 6.49. The van der Waals surface area contributed by atoms with Gasteiger partial charge in [-0.2, -0.15) is 23.1 Å². The Balaban J connectivity index is 1.84. The number of alkyl halides is 3. The van der Waals surface area contributed by atoms with E-state index in [4.69, 9.17) is 4.74 Å². The fourth-order valence-corrected chi connectivity index (χ4v) is 3.47. The average Bonchev–Trinajstić information content (AvgIpc) is 3.35. The van der Waals surface area contributed by atoms with Crippen LogP contribution in [0.5, 0.6) is 6.01 Å². The smallest absolute Gasteiger partial charge is 0.416 e. The van der Waals surface area contributed by atoms with Gasteiger partial charge in [0.25, 0.3) is 0 Å². The average molecular weight is 394 g/mol. The highest BCUT2D eigenvalue weighted by Gasteiger charge is 2.31. The molecule has 1 N–H and O–H groups in total. The Morgan fingerprint density at radius 3 is 2.70 bits per heavy atom. The molecule has 1 aromatic carbocycles. The summed E-state index contributed by atoms with van der Waals surface area (Å²) in [4.78, 5) is 20.2. The first-order chi connectivity index (χ1) is 12.8. The number of rotatable bonds is 5. The molecular weight excluding hydrogens is 381 g/mol. The molecule has 0 amide bonds. The lowest BCUT2D eigenvalue weighted by molar-refractivity contribution is -0.137. The van der Waals surface area contributed by atoms with Gasteiger partial charge in [0.05, 0.1) is 17.9 Å². The van der Waals surface area contributed by atoms with Gasteiger partial charge in [-0.15, -0.1) is 11.3 Å². The highest BCUT2D eigenvalue weighted by molar-refractivity contribution is 7.20. The maximum absolute atomic E-state index is 13.1. The first-order valence-corrected chi connectivity index (χ1v) is 8.98. The monoisotopic (exact) mass is 394 g/mol. The van der Waals surface area contributed by atoms with Gasteiger partial charge in [-0.25, -0.2) is 4.79 Å². The van der Waals surface area contributed by atoms with Crippen LogP contribution >= 0.6 is 11.3 Å². The van der Waals surface area contributed by atoms with Crippen LogP contribution in [-0.2, 0) is 6.18 Å². The number of carboxylic acids is 1. The van der Waals surface area contributed by atoms with Crippen molar-refractivity contribution in [2.75, 3.05) is 6.61 Å². The van der Waals surface area contributed by atoms with Crippen LogP contribution in [0.4, 0.5) is 13.2 Å². The van der Waals surface area contributed by atoms with Gasteiger partial charge in [0.15, 0.2) is 0 Å². The van der Waals surface area contributed by atoms with Crippen LogP contribution in [0.2, 0.25) is 0 Å². The first kappa shape index (κ1) is 17.7. The van der Waals surface area contributed by atoms with Crippen LogP contribution in [0.25, 0.3) is 21.5 Å². The molecular formula is C18H13F3N2O3S. The largest absolute Gasteiger partial charge is 0.477 e. The third-order valence-corrected chi connectivity index (χ3v) is 5.21. The van der Waals surface area contributed by atoms with Gasteiger partial charge in [-0.1, -0.05) is 12.1 Å². The van der Waals surface area contributed by atoms with Gasteiger partial charge in [0.2, 0.25) is 0 Å². The number of benzene rings is 1. The summed E-state index contributed by atoms with van der Waals surface area (Å²) in [5.41, 5.74) is -0.357. The number of aromatic carboxylic acids is 1. The van der Waals surface area contributed by atoms with E-state index >= 15 is 0 Å². The number of hydrogen-bond acceptors (Lipinski definition) is 5. The van der Waals surface area contributed by atoms with Crippen molar-refractivity contribution in [2.45, 2.75) is 19.0 Å². The van der Waals surface area contributed by atoms with Gasteiger partial charge in [0.1, 0.15) is 9.71 Å². The van der Waals surface area contributed by atoms with Gasteiger partial charge >= 0.3 is 18.2 Å². The molecule has 27 heavy (non-hydrogen) atoms. The van der Waals surface area contributed by atoms with E-state index in [0.717, 1.165) is 36.3 Å². The van der Waals surface area contributed by atoms with Crippen molar-refractivity contribution in [1.82, 2.24) is 9.97 Å². The van der Waals surface area contributed by atoms with E-state index in [1.807, 2.05) is 0 Å². The number of carboxylic acid groups (broad SMARTS) is 1. The Kier molecular flexibility index (Phi) is 4.26. The van der Waals surface area contributed by atoms with E-state index in [0.29, 0.717) is 22.7 Å². The zero-order valence-electron chi connectivity index (χ0n) is 13.8. The molecule has 1 aliphatic rings. The molecule has 1 aliphatic carbocycles. The van der Waals surface area contributed by atoms with Crippen LogP contribution in [0.3, 0.4) is 0 Å². The molecule has 5 nitrogen and oxygen atoms in total. The molecule has 0 radical (unpaired) electrons. The quantitative estimate of drug-likeness (QED) is 0.669. The molecule has 0 atom stereocenters. The summed E-state index contributed by atoms with van der Waals surface area (Å²) in [7, 11) is 0. The number of fused-ring (bicyclic) bond motifs is 1. The standard InChI is InChI=1S/C18H13F3N2O3S/c19-18(20,21)11-3-1-2-10(6-11)14-12-7-13(16(24)25)27-15(12)23-17(22-14)26-8-9-4-5-9/h1-3,6-7,9H,4-5,8H2,(H,24,25). The Bertz CT molecular complexity index is 1030. The lowest BCUT2D eigenvalue weighted by atomic mass is 10.1. The molecule has 9 heteroatoms. The summed E-state index contributed by atoms with van der Waals surface area (Å²) >= 11 is 0.935. The van der Waals surface area contributed by atoms with Crippen molar-refractivity contribution >= 4 is 27.5 Å². The molecule has 0 unspecified atom stereocenters. The number of ether oxygens (including phenoxy) is 1. The van der Waals surface area contributed by atoms with Gasteiger partial charge in [0, 0.05) is 10.9 Å². The van der Waals surface area contributed by atoms with Crippen molar-refractivity contribution < 1.29 is 27.8 Å². The molecule has 0 saturated heterocycles. The molecule has 1 fully saturated rings. The maximum Gasteiger partial charge on any atom is 0.416 e. The Labute approximate surface area is 155 Å². The van der Waals surface area contributed by atoms with Crippen molar-refractivity contribution in [3.05, 3.63) is 40.8 Å². The van der Waals surface area contributed by atoms with Crippen molar-refractivity contribution in [3.63, 3.8) is 0 Å². The molecule has 0 bridgehead atoms. The topological polar surface area (TPSA) is 72.3 Å². The molecule has 0 aliphatic heterocycles. The Morgan fingerprint density at radius 1 is 1.26 bits per heavy atom. The number of nitrogens with zero attached hydrogens (tertiary/aromatic N) is 2. The minimum Gasteiger partial charge on any atom is -0.477 e. The maximum atomic E-state index is 13.1. The number of halogens is 3. The predicted octanol–water partition coefficient (Wildman–Crippen LogP) is 4.86. The third kappa shape index (κ3) is 3.73. The molecule has 3 aromatic rings. The number of hydrogen-bond donors (Lipinski definition) is 1. The normalized spacial score (nSPS) is 14.5. The second-order valence-electron chi connectivity index (χ2n) is 6.32. The fraction of sp³-hybridized carbons (Fsp3) is 0.278. The van der Waals surface area contributed by atoms with E-state index in [1.54, 1.807) is 0 Å². The number of carbonyl (C=O) groups is 1. The third-order valence-electron chi connectivity index (χ3n) is 4.19. The molecule has 2 heterocycles.